The maximum Gasteiger partial charge on any atom is 0.253 e. The summed E-state index contributed by atoms with van der Waals surface area (Å²) in [5.41, 5.74) is 4.84. The molecule has 0 spiro atoms. The Labute approximate surface area is 151 Å². The predicted molar refractivity (Wildman–Crippen MR) is 90.6 cm³/mol. The van der Waals surface area contributed by atoms with Crippen LogP contribution in [0.3, 0.4) is 0 Å². The molecule has 0 aliphatic carbocycles. The van der Waals surface area contributed by atoms with Crippen molar-refractivity contribution in [2.45, 2.75) is 0 Å². The van der Waals surface area contributed by atoms with Gasteiger partial charge in [-0.25, -0.2) is 15.0 Å². The minimum Gasteiger partial charge on any atom is -0.355 e. The fourth-order valence-electron chi connectivity index (χ4n) is 2.51. The van der Waals surface area contributed by atoms with E-state index in [0.29, 0.717) is 23.1 Å². The van der Waals surface area contributed by atoms with Gasteiger partial charge in [-0.1, -0.05) is 0 Å². The minimum absolute atomic E-state index is 0. The van der Waals surface area contributed by atoms with Crippen molar-refractivity contribution in [2.24, 2.45) is 4.99 Å². The molecule has 0 saturated heterocycles. The third kappa shape index (κ3) is 3.10. The molecule has 0 aromatic carbocycles. The molecule has 5 heterocycles. The minimum atomic E-state index is 0. The Morgan fingerprint density at radius 1 is 0.720 bits per heavy atom. The van der Waals surface area contributed by atoms with Crippen LogP contribution in [0.1, 0.15) is 17.1 Å². The third-order valence-electron chi connectivity index (χ3n) is 3.55. The second kappa shape index (κ2) is 6.04. The van der Waals surface area contributed by atoms with Crippen molar-refractivity contribution in [3.8, 4) is 0 Å². The van der Waals surface area contributed by atoms with E-state index in [4.69, 9.17) is 0 Å². The van der Waals surface area contributed by atoms with Crippen LogP contribution in [0.15, 0.2) is 35.3 Å². The van der Waals surface area contributed by atoms with Crippen LogP contribution < -0.4 is 0 Å². The molecule has 3 aromatic heterocycles. The average molecular weight is 378 g/mol. The number of nitrogens with one attached hydrogen (secondary N) is 2. The summed E-state index contributed by atoms with van der Waals surface area (Å²) < 4.78 is 0. The first kappa shape index (κ1) is 15.4. The topological polar surface area (TPSA) is 108 Å². The van der Waals surface area contributed by atoms with Crippen LogP contribution in [0.2, 0.25) is 0 Å². The molecule has 1 radical (unpaired) electrons. The number of aromatic amines is 2. The SMILES string of the molecule is C1=Cc2cc3nnc(nc4nc(cc5ccc(cc1n2)[nH]5)C=N4)[nH]3.[Cu]. The summed E-state index contributed by atoms with van der Waals surface area (Å²) in [6, 6.07) is 9.66. The van der Waals surface area contributed by atoms with Crippen molar-refractivity contribution >= 4 is 46.8 Å². The molecule has 0 fully saturated rings. The standard InChI is InChI=1S/C16H10N8.Cu/c1-2-11-6-13-8-17-15(20-13)22-16-21-14(23-24-16)7-12-4-3-10(19-12)5-9(1)18-11;/h1-8,18H,(H,17,20,21,22,23,24);. The van der Waals surface area contributed by atoms with Crippen LogP contribution in [-0.4, -0.2) is 41.3 Å². The van der Waals surface area contributed by atoms with Gasteiger partial charge in [0.2, 0.25) is 0 Å². The van der Waals surface area contributed by atoms with Crippen LogP contribution in [0.4, 0.5) is 5.95 Å². The molecule has 5 rings (SSSR count). The molecule has 125 valence electrons. The third-order valence-corrected chi connectivity index (χ3v) is 3.55. The van der Waals surface area contributed by atoms with E-state index in [1.165, 1.54) is 0 Å². The number of hydrogen-bond acceptors (Lipinski definition) is 6. The van der Waals surface area contributed by atoms with Gasteiger partial charge in [-0.2, -0.15) is 4.98 Å². The second-order valence-electron chi connectivity index (χ2n) is 5.34. The van der Waals surface area contributed by atoms with E-state index in [-0.39, 0.29) is 17.1 Å². The summed E-state index contributed by atoms with van der Waals surface area (Å²) >= 11 is 0. The van der Waals surface area contributed by atoms with Gasteiger partial charge in [-0.05, 0) is 36.4 Å². The van der Waals surface area contributed by atoms with Gasteiger partial charge in [0.1, 0.15) is 0 Å². The number of hydrogen-bond donors (Lipinski definition) is 2. The molecule has 0 amide bonds. The van der Waals surface area contributed by atoms with Crippen LogP contribution in [0.25, 0.3) is 34.6 Å². The van der Waals surface area contributed by atoms with Crippen molar-refractivity contribution in [3.63, 3.8) is 0 Å². The number of aromatic nitrogens is 7. The van der Waals surface area contributed by atoms with Gasteiger partial charge in [-0.3, -0.25) is 0 Å². The zero-order chi connectivity index (χ0) is 15.9. The summed E-state index contributed by atoms with van der Waals surface area (Å²) in [7, 11) is 0. The summed E-state index contributed by atoms with van der Waals surface area (Å²) in [5.74, 6) is 0.689. The van der Waals surface area contributed by atoms with E-state index in [1.807, 2.05) is 36.4 Å². The smallest absolute Gasteiger partial charge is 0.253 e. The number of H-pyrrole nitrogens is 2. The predicted octanol–water partition coefficient (Wildman–Crippen LogP) is 2.42. The van der Waals surface area contributed by atoms with Crippen LogP contribution in [0, 0.1) is 0 Å². The monoisotopic (exact) mass is 377 g/mol. The number of aliphatic imine (C=N–C) groups is 1. The van der Waals surface area contributed by atoms with E-state index in [2.05, 4.69) is 40.1 Å². The van der Waals surface area contributed by atoms with Crippen molar-refractivity contribution in [1.29, 1.82) is 0 Å². The Bertz CT molecular complexity index is 997. The van der Waals surface area contributed by atoms with Crippen LogP contribution in [-0.2, 0) is 17.1 Å². The normalized spacial score (nSPS) is 12.2. The Morgan fingerprint density at radius 2 is 1.48 bits per heavy atom. The molecule has 2 aliphatic rings. The fourth-order valence-corrected chi connectivity index (χ4v) is 2.51. The van der Waals surface area contributed by atoms with Gasteiger partial charge >= 0.3 is 0 Å². The quantitative estimate of drug-likeness (QED) is 0.403. The first-order chi connectivity index (χ1) is 11.8. The molecule has 3 aromatic rings. The van der Waals surface area contributed by atoms with Crippen molar-refractivity contribution in [1.82, 2.24) is 35.1 Å². The molecule has 0 unspecified atom stereocenters. The zero-order valence-electron chi connectivity index (χ0n) is 12.6. The molecule has 2 aliphatic heterocycles. The van der Waals surface area contributed by atoms with E-state index >= 15 is 0 Å². The summed E-state index contributed by atoms with van der Waals surface area (Å²) in [6.07, 6.45) is 5.53. The van der Waals surface area contributed by atoms with Crippen molar-refractivity contribution < 1.29 is 17.1 Å². The molecular weight excluding hydrogens is 368 g/mol. The molecule has 8 nitrogen and oxygen atoms in total. The average Bonchev–Trinajstić information content (AvgIpc) is 3.32. The van der Waals surface area contributed by atoms with Gasteiger partial charge < -0.3 is 9.97 Å². The van der Waals surface area contributed by atoms with E-state index in [0.717, 1.165) is 22.4 Å². The Hall–Kier alpha value is -3.16. The van der Waals surface area contributed by atoms with Gasteiger partial charge in [0.15, 0.2) is 5.65 Å². The maximum atomic E-state index is 4.53. The van der Waals surface area contributed by atoms with Gasteiger partial charge in [0, 0.05) is 34.2 Å². The van der Waals surface area contributed by atoms with Gasteiger partial charge in [-0.15, -0.1) is 10.2 Å². The van der Waals surface area contributed by atoms with E-state index < -0.39 is 0 Å². The summed E-state index contributed by atoms with van der Waals surface area (Å²) in [6.45, 7) is 0. The Kier molecular flexibility index (Phi) is 3.72. The maximum absolute atomic E-state index is 4.53. The fraction of sp³-hybridized carbons (Fsp3) is 0. The molecule has 25 heavy (non-hydrogen) atoms. The van der Waals surface area contributed by atoms with Crippen LogP contribution >= 0.6 is 0 Å². The molecular formula is C16H10CuN8. The second-order valence-corrected chi connectivity index (χ2v) is 5.34. The zero-order valence-corrected chi connectivity index (χ0v) is 13.5. The Morgan fingerprint density at radius 3 is 2.32 bits per heavy atom. The number of rotatable bonds is 0. The molecule has 8 bridgehead atoms. The Balaban J connectivity index is 0.00000157. The van der Waals surface area contributed by atoms with Crippen molar-refractivity contribution in [2.75, 3.05) is 0 Å². The molecule has 0 atom stereocenters. The first-order valence-electron chi connectivity index (χ1n) is 7.31. The van der Waals surface area contributed by atoms with Crippen molar-refractivity contribution in [3.05, 3.63) is 47.4 Å². The van der Waals surface area contributed by atoms with Gasteiger partial charge in [0.05, 0.1) is 23.3 Å². The van der Waals surface area contributed by atoms with Crippen LogP contribution in [0.5, 0.6) is 0 Å². The molecule has 2 N–H and O–H groups in total. The van der Waals surface area contributed by atoms with E-state index in [9.17, 15) is 0 Å². The summed E-state index contributed by atoms with van der Waals surface area (Å²) in [4.78, 5) is 23.6. The number of nitrogens with zero attached hydrogens (tertiary/aromatic N) is 6. The molecule has 0 saturated carbocycles. The molecule has 9 heteroatoms. The first-order valence-corrected chi connectivity index (χ1v) is 7.31. The van der Waals surface area contributed by atoms with E-state index in [1.54, 1.807) is 12.3 Å². The summed E-state index contributed by atoms with van der Waals surface area (Å²) in [5, 5.41) is 8.02. The number of fused-ring (bicyclic) bond motifs is 8. The van der Waals surface area contributed by atoms with Gasteiger partial charge in [0.25, 0.3) is 11.7 Å². The largest absolute Gasteiger partial charge is 0.355 e.